The van der Waals surface area contributed by atoms with Crippen molar-refractivity contribution in [3.05, 3.63) is 64.7 Å². The fraction of sp³-hybridized carbons (Fsp3) is 0.385. The van der Waals surface area contributed by atoms with E-state index in [0.717, 1.165) is 5.56 Å². The second-order valence-electron chi connectivity index (χ2n) is 8.23. The summed E-state index contributed by atoms with van der Waals surface area (Å²) < 4.78 is 15.9. The molecular formula is C26H31NO6. The Balaban J connectivity index is 2.17. The number of benzene rings is 2. The quantitative estimate of drug-likeness (QED) is 0.264. The number of ether oxygens (including phenoxy) is 3. The van der Waals surface area contributed by atoms with Crippen LogP contribution in [-0.4, -0.2) is 56.2 Å². The molecule has 33 heavy (non-hydrogen) atoms. The molecule has 3 rings (SSSR count). The summed E-state index contributed by atoms with van der Waals surface area (Å²) in [5.41, 5.74) is 2.10. The van der Waals surface area contributed by atoms with Gasteiger partial charge in [-0.05, 0) is 53.8 Å². The first kappa shape index (κ1) is 24.3. The van der Waals surface area contributed by atoms with Gasteiger partial charge in [-0.1, -0.05) is 26.0 Å². The number of aliphatic hydroxyl groups excluding tert-OH is 1. The predicted octanol–water partition coefficient (Wildman–Crippen LogP) is 4.29. The van der Waals surface area contributed by atoms with Crippen molar-refractivity contribution in [3.63, 3.8) is 0 Å². The van der Waals surface area contributed by atoms with Gasteiger partial charge in [0.15, 0.2) is 0 Å². The molecular weight excluding hydrogens is 422 g/mol. The Kier molecular flexibility index (Phi) is 7.76. The van der Waals surface area contributed by atoms with E-state index in [1.807, 2.05) is 19.9 Å². The van der Waals surface area contributed by atoms with Crippen molar-refractivity contribution in [1.29, 1.82) is 0 Å². The van der Waals surface area contributed by atoms with Gasteiger partial charge in [0.05, 0.1) is 25.8 Å². The van der Waals surface area contributed by atoms with E-state index < -0.39 is 17.7 Å². The zero-order valence-electron chi connectivity index (χ0n) is 19.8. The molecule has 0 aromatic heterocycles. The average Bonchev–Trinajstić information content (AvgIpc) is 3.08. The molecule has 1 heterocycles. The van der Waals surface area contributed by atoms with Gasteiger partial charge in [0, 0.05) is 25.8 Å². The highest BCUT2D eigenvalue weighted by Crippen LogP contribution is 2.41. The largest absolute Gasteiger partial charge is 0.507 e. The molecule has 0 spiro atoms. The molecule has 7 heteroatoms. The number of hydrogen-bond acceptors (Lipinski definition) is 6. The summed E-state index contributed by atoms with van der Waals surface area (Å²) in [5, 5.41) is 11.3. The lowest BCUT2D eigenvalue weighted by Crippen LogP contribution is -2.31. The van der Waals surface area contributed by atoms with Crippen LogP contribution in [0, 0.1) is 0 Å². The highest BCUT2D eigenvalue weighted by molar-refractivity contribution is 6.46. The highest BCUT2D eigenvalue weighted by atomic mass is 16.5. The van der Waals surface area contributed by atoms with Gasteiger partial charge in [-0.15, -0.1) is 0 Å². The third-order valence-electron chi connectivity index (χ3n) is 5.82. The van der Waals surface area contributed by atoms with E-state index >= 15 is 0 Å². The summed E-state index contributed by atoms with van der Waals surface area (Å²) in [6.45, 7) is 4.81. The summed E-state index contributed by atoms with van der Waals surface area (Å²) in [6, 6.07) is 11.7. The van der Waals surface area contributed by atoms with E-state index in [2.05, 4.69) is 0 Å². The van der Waals surface area contributed by atoms with Gasteiger partial charge in [0.2, 0.25) is 0 Å². The minimum Gasteiger partial charge on any atom is -0.507 e. The summed E-state index contributed by atoms with van der Waals surface area (Å²) in [4.78, 5) is 27.6. The Labute approximate surface area is 194 Å². The van der Waals surface area contributed by atoms with Gasteiger partial charge in [-0.3, -0.25) is 9.59 Å². The molecule has 2 aromatic rings. The molecule has 1 unspecified atom stereocenters. The standard InChI is InChI=1S/C26H31NO6/c1-16(2)20-15-18(10-11-21(20)33-5)24(28)22-23(17-8-6-9-19(14-17)32-4)27(12-7-13-31-3)26(30)25(22)29/h6,8-11,14-16,23,28H,7,12-13H2,1-5H3/b24-22-. The van der Waals surface area contributed by atoms with E-state index in [-0.39, 0.29) is 17.3 Å². The van der Waals surface area contributed by atoms with Crippen molar-refractivity contribution >= 4 is 17.4 Å². The molecule has 1 saturated heterocycles. The summed E-state index contributed by atoms with van der Waals surface area (Å²) in [7, 11) is 4.73. The highest BCUT2D eigenvalue weighted by Gasteiger charge is 2.46. The van der Waals surface area contributed by atoms with Crippen LogP contribution in [0.15, 0.2) is 48.0 Å². The minimum atomic E-state index is -0.735. The van der Waals surface area contributed by atoms with Gasteiger partial charge in [-0.25, -0.2) is 0 Å². The van der Waals surface area contributed by atoms with E-state index in [9.17, 15) is 14.7 Å². The molecule has 2 aromatic carbocycles. The zero-order valence-corrected chi connectivity index (χ0v) is 19.8. The smallest absolute Gasteiger partial charge is 0.295 e. The minimum absolute atomic E-state index is 0.0607. The monoisotopic (exact) mass is 453 g/mol. The fourth-order valence-electron chi connectivity index (χ4n) is 4.14. The second kappa shape index (κ2) is 10.5. The number of aliphatic hydroxyl groups is 1. The molecule has 7 nitrogen and oxygen atoms in total. The Morgan fingerprint density at radius 3 is 2.45 bits per heavy atom. The number of methoxy groups -OCH3 is 3. The predicted molar refractivity (Wildman–Crippen MR) is 126 cm³/mol. The Morgan fingerprint density at radius 1 is 1.06 bits per heavy atom. The van der Waals surface area contributed by atoms with Gasteiger partial charge in [0.25, 0.3) is 11.7 Å². The van der Waals surface area contributed by atoms with E-state index in [0.29, 0.717) is 42.2 Å². The van der Waals surface area contributed by atoms with Gasteiger partial charge in [0.1, 0.15) is 17.3 Å². The first-order chi connectivity index (χ1) is 15.8. The van der Waals surface area contributed by atoms with E-state index in [1.165, 1.54) is 4.90 Å². The Morgan fingerprint density at radius 2 is 1.82 bits per heavy atom. The van der Waals surface area contributed by atoms with Crippen LogP contribution in [0.5, 0.6) is 11.5 Å². The van der Waals surface area contributed by atoms with Crippen LogP contribution in [0.3, 0.4) is 0 Å². The average molecular weight is 454 g/mol. The van der Waals surface area contributed by atoms with Crippen molar-refractivity contribution in [2.45, 2.75) is 32.2 Å². The lowest BCUT2D eigenvalue weighted by Gasteiger charge is -2.25. The number of hydrogen-bond donors (Lipinski definition) is 1. The molecule has 0 bridgehead atoms. The third kappa shape index (κ3) is 4.88. The molecule has 1 atom stereocenters. The summed E-state index contributed by atoms with van der Waals surface area (Å²) >= 11 is 0. The maximum atomic E-state index is 13.1. The van der Waals surface area contributed by atoms with Crippen LogP contribution < -0.4 is 9.47 Å². The zero-order chi connectivity index (χ0) is 24.1. The normalized spacial score (nSPS) is 17.6. The number of Topliss-reactive ketones (excluding diaryl/α,β-unsaturated/α-hetero) is 1. The lowest BCUT2D eigenvalue weighted by molar-refractivity contribution is -0.140. The van der Waals surface area contributed by atoms with Crippen molar-refractivity contribution < 1.29 is 28.9 Å². The van der Waals surface area contributed by atoms with Crippen LogP contribution in [-0.2, 0) is 14.3 Å². The number of carbonyl (C=O) groups excluding carboxylic acids is 2. The first-order valence-corrected chi connectivity index (χ1v) is 10.9. The van der Waals surface area contributed by atoms with Crippen LogP contribution in [0.4, 0.5) is 0 Å². The first-order valence-electron chi connectivity index (χ1n) is 10.9. The van der Waals surface area contributed by atoms with Crippen LogP contribution >= 0.6 is 0 Å². The molecule has 1 aliphatic rings. The van der Waals surface area contributed by atoms with Crippen molar-refractivity contribution in [3.8, 4) is 11.5 Å². The van der Waals surface area contributed by atoms with Crippen molar-refractivity contribution in [1.82, 2.24) is 4.90 Å². The molecule has 1 aliphatic heterocycles. The molecule has 0 aliphatic carbocycles. The van der Waals surface area contributed by atoms with Gasteiger partial charge < -0.3 is 24.2 Å². The summed E-state index contributed by atoms with van der Waals surface area (Å²) in [5.74, 6) is -0.122. The molecule has 1 amide bonds. The Bertz CT molecular complexity index is 1060. The molecule has 0 radical (unpaired) electrons. The van der Waals surface area contributed by atoms with Crippen LogP contribution in [0.1, 0.15) is 48.9 Å². The molecule has 0 saturated carbocycles. The second-order valence-corrected chi connectivity index (χ2v) is 8.23. The number of nitrogens with zero attached hydrogens (tertiary/aromatic N) is 1. The number of likely N-dealkylation sites (tertiary alicyclic amines) is 1. The van der Waals surface area contributed by atoms with E-state index in [4.69, 9.17) is 14.2 Å². The van der Waals surface area contributed by atoms with E-state index in [1.54, 1.807) is 57.7 Å². The maximum absolute atomic E-state index is 13.1. The number of amides is 1. The summed E-state index contributed by atoms with van der Waals surface area (Å²) in [6.07, 6.45) is 0.560. The van der Waals surface area contributed by atoms with Gasteiger partial charge >= 0.3 is 0 Å². The fourth-order valence-corrected chi connectivity index (χ4v) is 4.14. The number of rotatable bonds is 9. The maximum Gasteiger partial charge on any atom is 0.295 e. The van der Waals surface area contributed by atoms with Gasteiger partial charge in [-0.2, -0.15) is 0 Å². The van der Waals surface area contributed by atoms with Crippen molar-refractivity contribution in [2.75, 3.05) is 34.5 Å². The van der Waals surface area contributed by atoms with Crippen LogP contribution in [0.2, 0.25) is 0 Å². The van der Waals surface area contributed by atoms with Crippen molar-refractivity contribution in [2.24, 2.45) is 0 Å². The SMILES string of the molecule is COCCCN1C(=O)C(=O)/C(=C(\O)c2ccc(OC)c(C(C)C)c2)C1c1cccc(OC)c1. The molecule has 1 fully saturated rings. The Hall–Kier alpha value is -3.32. The lowest BCUT2D eigenvalue weighted by atomic mass is 9.93. The third-order valence-corrected chi connectivity index (χ3v) is 5.82. The number of ketones is 1. The molecule has 176 valence electrons. The topological polar surface area (TPSA) is 85.3 Å². The van der Waals surface area contributed by atoms with Crippen LogP contribution in [0.25, 0.3) is 5.76 Å². The molecule has 1 N–H and O–H groups in total. The number of carbonyl (C=O) groups is 2.